The van der Waals surface area contributed by atoms with Crippen molar-refractivity contribution in [3.63, 3.8) is 0 Å². The van der Waals surface area contributed by atoms with Crippen molar-refractivity contribution in [1.82, 2.24) is 15.5 Å². The smallest absolute Gasteiger partial charge is 0.315 e. The minimum Gasteiger partial charge on any atom is -0.341 e. The van der Waals surface area contributed by atoms with Gasteiger partial charge in [-0.3, -0.25) is 4.79 Å². The van der Waals surface area contributed by atoms with Crippen LogP contribution in [0.1, 0.15) is 38.2 Å². The van der Waals surface area contributed by atoms with Crippen molar-refractivity contribution in [2.24, 2.45) is 0 Å². The molecule has 2 fully saturated rings. The van der Waals surface area contributed by atoms with Gasteiger partial charge in [0, 0.05) is 37.5 Å². The fourth-order valence-corrected chi connectivity index (χ4v) is 3.33. The van der Waals surface area contributed by atoms with Crippen molar-refractivity contribution in [3.8, 4) is 0 Å². The summed E-state index contributed by atoms with van der Waals surface area (Å²) in [6, 6.07) is 6.26. The van der Waals surface area contributed by atoms with Gasteiger partial charge < -0.3 is 15.5 Å². The zero-order chi connectivity index (χ0) is 17.2. The van der Waals surface area contributed by atoms with Crippen LogP contribution in [-0.2, 0) is 10.2 Å². The van der Waals surface area contributed by atoms with Crippen LogP contribution < -0.4 is 10.6 Å². The fraction of sp³-hybridized carbons (Fsp3) is 0.556. The molecule has 2 N–H and O–H groups in total. The summed E-state index contributed by atoms with van der Waals surface area (Å²) in [5.41, 5.74) is 0.812. The summed E-state index contributed by atoms with van der Waals surface area (Å²) in [4.78, 5) is 25.5. The summed E-state index contributed by atoms with van der Waals surface area (Å²) < 4.78 is 13.4. The Morgan fingerprint density at radius 1 is 1.42 bits per heavy atom. The molecule has 1 aromatic carbocycles. The van der Waals surface area contributed by atoms with E-state index >= 15 is 0 Å². The van der Waals surface area contributed by atoms with Crippen LogP contribution >= 0.6 is 0 Å². The molecule has 1 atom stereocenters. The van der Waals surface area contributed by atoms with Crippen molar-refractivity contribution < 1.29 is 14.0 Å². The van der Waals surface area contributed by atoms with Crippen molar-refractivity contribution in [3.05, 3.63) is 35.6 Å². The first kappa shape index (κ1) is 16.7. The number of carbonyl (C=O) groups excluding carboxylic acids is 2. The maximum absolute atomic E-state index is 13.4. The van der Waals surface area contributed by atoms with Gasteiger partial charge in [-0.1, -0.05) is 12.1 Å². The van der Waals surface area contributed by atoms with Crippen LogP contribution in [0.4, 0.5) is 9.18 Å². The molecular formula is C18H24FN3O2. The second-order valence-electron chi connectivity index (χ2n) is 6.96. The lowest BCUT2D eigenvalue weighted by Crippen LogP contribution is -2.47. The normalized spacial score (nSPS) is 19.9. The van der Waals surface area contributed by atoms with E-state index in [1.807, 2.05) is 13.0 Å². The quantitative estimate of drug-likeness (QED) is 0.838. The molecular weight excluding hydrogens is 309 g/mol. The minimum atomic E-state index is -0.243. The standard InChI is InChI=1S/C18H24FN3O2/c1-13(11-22-9-3-6-16(22)23)21-17(24)20-12-18(7-8-18)14-4-2-5-15(19)10-14/h2,4-5,10,13H,3,6-9,11-12H2,1H3,(H2,20,21,24). The van der Waals surface area contributed by atoms with Crippen LogP contribution in [0.15, 0.2) is 24.3 Å². The summed E-state index contributed by atoms with van der Waals surface area (Å²) in [6.45, 7) is 3.71. The number of carbonyl (C=O) groups is 2. The number of benzene rings is 1. The van der Waals surface area contributed by atoms with E-state index in [4.69, 9.17) is 0 Å². The van der Waals surface area contributed by atoms with Gasteiger partial charge in [-0.15, -0.1) is 0 Å². The maximum Gasteiger partial charge on any atom is 0.315 e. The molecule has 6 heteroatoms. The Hall–Kier alpha value is -2.11. The van der Waals surface area contributed by atoms with Gasteiger partial charge in [0.15, 0.2) is 0 Å². The highest BCUT2D eigenvalue weighted by Gasteiger charge is 2.44. The summed E-state index contributed by atoms with van der Waals surface area (Å²) >= 11 is 0. The molecule has 0 radical (unpaired) electrons. The van der Waals surface area contributed by atoms with Gasteiger partial charge in [-0.05, 0) is 43.9 Å². The van der Waals surface area contributed by atoms with E-state index in [9.17, 15) is 14.0 Å². The number of hydrogen-bond donors (Lipinski definition) is 2. The largest absolute Gasteiger partial charge is 0.341 e. The lowest BCUT2D eigenvalue weighted by Gasteiger charge is -2.23. The zero-order valence-electron chi connectivity index (χ0n) is 14.0. The molecule has 0 aromatic heterocycles. The Morgan fingerprint density at radius 3 is 2.83 bits per heavy atom. The first-order valence-corrected chi connectivity index (χ1v) is 8.57. The molecule has 1 aliphatic heterocycles. The maximum atomic E-state index is 13.4. The number of halogens is 1. The van der Waals surface area contributed by atoms with Gasteiger partial charge >= 0.3 is 6.03 Å². The van der Waals surface area contributed by atoms with Crippen molar-refractivity contribution in [1.29, 1.82) is 0 Å². The molecule has 1 aromatic rings. The average Bonchev–Trinajstić information content (AvgIpc) is 3.24. The molecule has 1 unspecified atom stereocenters. The van der Waals surface area contributed by atoms with Crippen LogP contribution in [0.5, 0.6) is 0 Å². The Balaban J connectivity index is 1.46. The molecule has 2 aliphatic rings. The molecule has 24 heavy (non-hydrogen) atoms. The lowest BCUT2D eigenvalue weighted by atomic mass is 9.96. The van der Waals surface area contributed by atoms with Crippen LogP contribution in [-0.4, -0.2) is 42.5 Å². The summed E-state index contributed by atoms with van der Waals surface area (Å²) in [7, 11) is 0. The van der Waals surface area contributed by atoms with Gasteiger partial charge in [0.1, 0.15) is 5.82 Å². The van der Waals surface area contributed by atoms with E-state index in [1.54, 1.807) is 17.0 Å². The Morgan fingerprint density at radius 2 is 2.21 bits per heavy atom. The van der Waals surface area contributed by atoms with Crippen LogP contribution in [0.2, 0.25) is 0 Å². The van der Waals surface area contributed by atoms with Gasteiger partial charge in [-0.2, -0.15) is 0 Å². The SMILES string of the molecule is CC(CN1CCCC1=O)NC(=O)NCC1(c2cccc(F)c2)CC1. The molecule has 1 aliphatic carbocycles. The highest BCUT2D eigenvalue weighted by molar-refractivity contribution is 5.78. The Kier molecular flexibility index (Phi) is 4.73. The average molecular weight is 333 g/mol. The third kappa shape index (κ3) is 3.86. The van der Waals surface area contributed by atoms with E-state index in [0.717, 1.165) is 31.4 Å². The molecule has 0 spiro atoms. The summed E-state index contributed by atoms with van der Waals surface area (Å²) in [5, 5.41) is 5.77. The number of amides is 3. The summed E-state index contributed by atoms with van der Waals surface area (Å²) in [5.74, 6) is -0.0841. The number of rotatable bonds is 6. The predicted octanol–water partition coefficient (Wildman–Crippen LogP) is 2.17. The van der Waals surface area contributed by atoms with Gasteiger partial charge in [-0.25, -0.2) is 9.18 Å². The lowest BCUT2D eigenvalue weighted by molar-refractivity contribution is -0.127. The second-order valence-corrected chi connectivity index (χ2v) is 6.96. The number of hydrogen-bond acceptors (Lipinski definition) is 2. The van der Waals surface area contributed by atoms with E-state index in [2.05, 4.69) is 10.6 Å². The third-order valence-electron chi connectivity index (χ3n) is 4.92. The number of nitrogens with zero attached hydrogens (tertiary/aromatic N) is 1. The van der Waals surface area contributed by atoms with Crippen molar-refractivity contribution in [2.75, 3.05) is 19.6 Å². The topological polar surface area (TPSA) is 61.4 Å². The van der Waals surface area contributed by atoms with Gasteiger partial charge in [0.2, 0.25) is 5.91 Å². The molecule has 1 saturated heterocycles. The van der Waals surface area contributed by atoms with Crippen LogP contribution in [0.25, 0.3) is 0 Å². The molecule has 1 heterocycles. The van der Waals surface area contributed by atoms with E-state index in [1.165, 1.54) is 6.07 Å². The van der Waals surface area contributed by atoms with E-state index < -0.39 is 0 Å². The Bertz CT molecular complexity index is 630. The molecule has 3 amide bonds. The van der Waals surface area contributed by atoms with E-state index in [0.29, 0.717) is 19.5 Å². The van der Waals surface area contributed by atoms with Crippen LogP contribution in [0, 0.1) is 5.82 Å². The molecule has 5 nitrogen and oxygen atoms in total. The highest BCUT2D eigenvalue weighted by atomic mass is 19.1. The number of likely N-dealkylation sites (tertiary alicyclic amines) is 1. The first-order valence-electron chi connectivity index (χ1n) is 8.57. The fourth-order valence-electron chi connectivity index (χ4n) is 3.33. The number of nitrogens with one attached hydrogen (secondary N) is 2. The van der Waals surface area contributed by atoms with Crippen molar-refractivity contribution >= 4 is 11.9 Å². The first-order chi connectivity index (χ1) is 11.5. The molecule has 130 valence electrons. The summed E-state index contributed by atoms with van der Waals surface area (Å²) in [6.07, 6.45) is 3.41. The monoisotopic (exact) mass is 333 g/mol. The van der Waals surface area contributed by atoms with Crippen molar-refractivity contribution in [2.45, 2.75) is 44.1 Å². The third-order valence-corrected chi connectivity index (χ3v) is 4.92. The zero-order valence-corrected chi connectivity index (χ0v) is 14.0. The minimum absolute atomic E-state index is 0.101. The number of urea groups is 1. The van der Waals surface area contributed by atoms with Gasteiger partial charge in [0.05, 0.1) is 0 Å². The molecule has 0 bridgehead atoms. The molecule has 1 saturated carbocycles. The predicted molar refractivity (Wildman–Crippen MR) is 89.1 cm³/mol. The van der Waals surface area contributed by atoms with Crippen LogP contribution in [0.3, 0.4) is 0 Å². The molecule has 3 rings (SSSR count). The van der Waals surface area contributed by atoms with Gasteiger partial charge in [0.25, 0.3) is 0 Å². The highest BCUT2D eigenvalue weighted by Crippen LogP contribution is 2.47. The Labute approximate surface area is 141 Å². The second kappa shape index (κ2) is 6.79. The van der Waals surface area contributed by atoms with E-state index in [-0.39, 0.29) is 29.2 Å².